The van der Waals surface area contributed by atoms with E-state index in [1.165, 1.54) is 22.6 Å². The van der Waals surface area contributed by atoms with Crippen LogP contribution in [0.3, 0.4) is 0 Å². The van der Waals surface area contributed by atoms with E-state index in [1.807, 2.05) is 17.8 Å². The predicted molar refractivity (Wildman–Crippen MR) is 56.6 cm³/mol. The third kappa shape index (κ3) is 2.45. The highest BCUT2D eigenvalue weighted by atomic mass is 32.2. The quantitative estimate of drug-likeness (QED) is 0.573. The number of thioether (sulfide) groups is 1. The van der Waals surface area contributed by atoms with Crippen LogP contribution >= 0.6 is 11.8 Å². The molecule has 12 heavy (non-hydrogen) atoms. The third-order valence-electron chi connectivity index (χ3n) is 1.67. The van der Waals surface area contributed by atoms with Gasteiger partial charge in [-0.2, -0.15) is 0 Å². The van der Waals surface area contributed by atoms with Gasteiger partial charge in [-0.1, -0.05) is 13.0 Å². The van der Waals surface area contributed by atoms with Crippen molar-refractivity contribution in [1.29, 1.82) is 0 Å². The minimum Gasteiger partial charge on any atom is -0.399 e. The molecule has 0 amide bonds. The molecule has 0 aliphatic carbocycles. The maximum Gasteiger partial charge on any atom is 0.0325 e. The van der Waals surface area contributed by atoms with Crippen LogP contribution in [0, 0.1) is 6.92 Å². The van der Waals surface area contributed by atoms with E-state index in [9.17, 15) is 0 Å². The zero-order chi connectivity index (χ0) is 8.97. The lowest BCUT2D eigenvalue weighted by Crippen LogP contribution is -1.87. The molecule has 0 bridgehead atoms. The van der Waals surface area contributed by atoms with Crippen molar-refractivity contribution >= 4 is 17.4 Å². The molecule has 0 aromatic heterocycles. The van der Waals surface area contributed by atoms with Gasteiger partial charge in [-0.15, -0.1) is 11.8 Å². The number of aryl methyl sites for hydroxylation is 1. The second kappa shape index (κ2) is 4.41. The van der Waals surface area contributed by atoms with Gasteiger partial charge in [-0.25, -0.2) is 0 Å². The number of hydrogen-bond acceptors (Lipinski definition) is 2. The summed E-state index contributed by atoms with van der Waals surface area (Å²) in [4.78, 5) is 1.32. The summed E-state index contributed by atoms with van der Waals surface area (Å²) in [5.74, 6) is 1.17. The van der Waals surface area contributed by atoms with Crippen molar-refractivity contribution in [2.45, 2.75) is 25.2 Å². The molecule has 2 heteroatoms. The third-order valence-corrected chi connectivity index (χ3v) is 3.04. The first-order valence-corrected chi connectivity index (χ1v) is 5.21. The Balaban J connectivity index is 2.75. The molecule has 0 saturated carbocycles. The van der Waals surface area contributed by atoms with Crippen molar-refractivity contribution < 1.29 is 0 Å². The van der Waals surface area contributed by atoms with Crippen LogP contribution in [0.2, 0.25) is 0 Å². The molecule has 0 fully saturated rings. The molecule has 1 nitrogen and oxygen atoms in total. The summed E-state index contributed by atoms with van der Waals surface area (Å²) >= 11 is 1.88. The Morgan fingerprint density at radius 3 is 2.83 bits per heavy atom. The van der Waals surface area contributed by atoms with Crippen molar-refractivity contribution in [3.05, 3.63) is 23.8 Å². The maximum atomic E-state index is 5.69. The average molecular weight is 181 g/mol. The van der Waals surface area contributed by atoms with E-state index in [1.54, 1.807) is 0 Å². The fourth-order valence-corrected chi connectivity index (χ4v) is 1.92. The first-order chi connectivity index (χ1) is 5.74. The molecule has 1 rings (SSSR count). The van der Waals surface area contributed by atoms with Crippen molar-refractivity contribution in [2.75, 3.05) is 11.5 Å². The van der Waals surface area contributed by atoms with Gasteiger partial charge in [0.1, 0.15) is 0 Å². The number of nitrogens with two attached hydrogens (primary N) is 1. The van der Waals surface area contributed by atoms with Crippen molar-refractivity contribution in [2.24, 2.45) is 0 Å². The van der Waals surface area contributed by atoms with Crippen LogP contribution < -0.4 is 5.73 Å². The van der Waals surface area contributed by atoms with Crippen LogP contribution in [0.5, 0.6) is 0 Å². The van der Waals surface area contributed by atoms with Crippen LogP contribution in [0.4, 0.5) is 5.69 Å². The van der Waals surface area contributed by atoms with Gasteiger partial charge in [0.15, 0.2) is 0 Å². The molecule has 0 atom stereocenters. The lowest BCUT2D eigenvalue weighted by atomic mass is 10.2. The highest BCUT2D eigenvalue weighted by Gasteiger charge is 1.97. The largest absolute Gasteiger partial charge is 0.399 e. The Kier molecular flexibility index (Phi) is 3.48. The van der Waals surface area contributed by atoms with E-state index in [0.29, 0.717) is 0 Å². The molecule has 0 saturated heterocycles. The fraction of sp³-hybridized carbons (Fsp3) is 0.400. The highest BCUT2D eigenvalue weighted by Crippen LogP contribution is 2.24. The molecule has 66 valence electrons. The number of rotatable bonds is 3. The summed E-state index contributed by atoms with van der Waals surface area (Å²) in [6.07, 6.45) is 1.21. The topological polar surface area (TPSA) is 26.0 Å². The van der Waals surface area contributed by atoms with E-state index in [0.717, 1.165) is 5.69 Å². The van der Waals surface area contributed by atoms with Crippen LogP contribution in [0.1, 0.15) is 18.9 Å². The van der Waals surface area contributed by atoms with Crippen molar-refractivity contribution in [3.8, 4) is 0 Å². The number of benzene rings is 1. The molecule has 0 radical (unpaired) electrons. The summed E-state index contributed by atoms with van der Waals surface area (Å²) in [5, 5.41) is 0. The molecule has 1 aromatic rings. The summed E-state index contributed by atoms with van der Waals surface area (Å²) < 4.78 is 0. The molecule has 1 aromatic carbocycles. The van der Waals surface area contributed by atoms with Gasteiger partial charge in [-0.3, -0.25) is 0 Å². The smallest absolute Gasteiger partial charge is 0.0325 e. The summed E-state index contributed by atoms with van der Waals surface area (Å²) in [7, 11) is 0. The molecule has 0 unspecified atom stereocenters. The first-order valence-electron chi connectivity index (χ1n) is 4.23. The standard InChI is InChI=1S/C10H15NS/c1-3-6-12-10-7-9(11)5-4-8(10)2/h4-5,7H,3,6,11H2,1-2H3. The monoisotopic (exact) mass is 181 g/mol. The number of nitrogen functional groups attached to an aromatic ring is 1. The van der Waals surface area contributed by atoms with E-state index >= 15 is 0 Å². The summed E-state index contributed by atoms with van der Waals surface area (Å²) in [5.41, 5.74) is 7.87. The van der Waals surface area contributed by atoms with Gasteiger partial charge in [0, 0.05) is 10.6 Å². The fourth-order valence-electron chi connectivity index (χ4n) is 0.984. The second-order valence-corrected chi connectivity index (χ2v) is 4.01. The van der Waals surface area contributed by atoms with Crippen LogP contribution in [0.25, 0.3) is 0 Å². The highest BCUT2D eigenvalue weighted by molar-refractivity contribution is 7.99. The first kappa shape index (κ1) is 9.46. The predicted octanol–water partition coefficient (Wildman–Crippen LogP) is 3.08. The van der Waals surface area contributed by atoms with Crippen LogP contribution in [0.15, 0.2) is 23.1 Å². The zero-order valence-corrected chi connectivity index (χ0v) is 8.45. The Morgan fingerprint density at radius 1 is 1.42 bits per heavy atom. The molecule has 0 spiro atoms. The molecule has 2 N–H and O–H groups in total. The minimum atomic E-state index is 0.860. The van der Waals surface area contributed by atoms with Crippen molar-refractivity contribution in [3.63, 3.8) is 0 Å². The molecular weight excluding hydrogens is 166 g/mol. The Labute approximate surface area is 78.4 Å². The van der Waals surface area contributed by atoms with Gasteiger partial charge in [-0.05, 0) is 36.8 Å². The Bertz CT molecular complexity index is 258. The lowest BCUT2D eigenvalue weighted by molar-refractivity contribution is 1.10. The number of hydrogen-bond donors (Lipinski definition) is 1. The minimum absolute atomic E-state index is 0.860. The van der Waals surface area contributed by atoms with Crippen LogP contribution in [-0.2, 0) is 0 Å². The SMILES string of the molecule is CCCSc1cc(N)ccc1C. The molecule has 0 aliphatic rings. The number of anilines is 1. The normalized spacial score (nSPS) is 10.2. The zero-order valence-electron chi connectivity index (χ0n) is 7.63. The molecular formula is C10H15NS. The van der Waals surface area contributed by atoms with Gasteiger partial charge >= 0.3 is 0 Å². The average Bonchev–Trinajstić information content (AvgIpc) is 2.07. The van der Waals surface area contributed by atoms with Gasteiger partial charge in [0.2, 0.25) is 0 Å². The van der Waals surface area contributed by atoms with E-state index in [4.69, 9.17) is 5.73 Å². The molecule has 0 heterocycles. The summed E-state index contributed by atoms with van der Waals surface area (Å²) in [6, 6.07) is 6.08. The molecule has 0 aliphatic heterocycles. The van der Waals surface area contributed by atoms with Gasteiger partial charge < -0.3 is 5.73 Å². The van der Waals surface area contributed by atoms with Crippen molar-refractivity contribution in [1.82, 2.24) is 0 Å². The Hall–Kier alpha value is -0.630. The lowest BCUT2D eigenvalue weighted by Gasteiger charge is -2.04. The maximum absolute atomic E-state index is 5.69. The van der Waals surface area contributed by atoms with E-state index in [-0.39, 0.29) is 0 Å². The van der Waals surface area contributed by atoms with Gasteiger partial charge in [0.05, 0.1) is 0 Å². The summed E-state index contributed by atoms with van der Waals surface area (Å²) in [6.45, 7) is 4.31. The van der Waals surface area contributed by atoms with E-state index in [2.05, 4.69) is 26.0 Å². The Morgan fingerprint density at radius 2 is 2.17 bits per heavy atom. The van der Waals surface area contributed by atoms with Crippen LogP contribution in [-0.4, -0.2) is 5.75 Å². The van der Waals surface area contributed by atoms with E-state index < -0.39 is 0 Å². The van der Waals surface area contributed by atoms with Gasteiger partial charge in [0.25, 0.3) is 0 Å². The second-order valence-electron chi connectivity index (χ2n) is 2.87.